The Morgan fingerprint density at radius 3 is 2.84 bits per heavy atom. The van der Waals surface area contributed by atoms with E-state index < -0.39 is 0 Å². The summed E-state index contributed by atoms with van der Waals surface area (Å²) in [6.45, 7) is 11.3. The summed E-state index contributed by atoms with van der Waals surface area (Å²) in [5.41, 5.74) is 2.80. The minimum absolute atomic E-state index is 0.0686. The van der Waals surface area contributed by atoms with Crippen LogP contribution < -0.4 is 10.2 Å². The maximum Gasteiger partial charge on any atom is 0.0694 e. The summed E-state index contributed by atoms with van der Waals surface area (Å²) in [5.74, 6) is 0. The number of para-hydroxylation sites is 1. The van der Waals surface area contributed by atoms with E-state index in [2.05, 4.69) is 55.3 Å². The zero-order valence-corrected chi connectivity index (χ0v) is 12.4. The molecule has 1 saturated heterocycles. The molecule has 0 aromatic heterocycles. The number of benzene rings is 1. The zero-order chi connectivity index (χ0) is 13.7. The largest absolute Gasteiger partial charge is 0.377 e. The third-order valence-corrected chi connectivity index (χ3v) is 3.67. The second kappa shape index (κ2) is 6.40. The molecule has 0 radical (unpaired) electrons. The monoisotopic (exact) mass is 262 g/mol. The number of hydrogen-bond acceptors (Lipinski definition) is 3. The smallest absolute Gasteiger partial charge is 0.0694 e. The van der Waals surface area contributed by atoms with Gasteiger partial charge in [-0.25, -0.2) is 0 Å². The van der Waals surface area contributed by atoms with E-state index in [-0.39, 0.29) is 5.54 Å². The molecule has 1 aliphatic rings. The van der Waals surface area contributed by atoms with E-state index in [0.29, 0.717) is 0 Å². The van der Waals surface area contributed by atoms with E-state index in [1.807, 2.05) is 0 Å². The van der Waals surface area contributed by atoms with Crippen LogP contribution in [0.3, 0.4) is 0 Å². The number of rotatable bonds is 5. The lowest BCUT2D eigenvalue weighted by molar-refractivity contribution is 0.0643. The van der Waals surface area contributed by atoms with Gasteiger partial charge in [-0.05, 0) is 38.4 Å². The molecule has 0 saturated carbocycles. The highest BCUT2D eigenvalue weighted by molar-refractivity contribution is 5.56. The molecule has 0 amide bonds. The summed E-state index contributed by atoms with van der Waals surface area (Å²) in [5, 5.41) is 3.50. The summed E-state index contributed by atoms with van der Waals surface area (Å²) < 4.78 is 5.62. The van der Waals surface area contributed by atoms with E-state index in [9.17, 15) is 0 Å². The first-order valence-corrected chi connectivity index (χ1v) is 7.29. The molecular formula is C16H26N2O. The van der Waals surface area contributed by atoms with Gasteiger partial charge in [-0.15, -0.1) is 0 Å². The van der Waals surface area contributed by atoms with Crippen LogP contribution >= 0.6 is 0 Å². The summed E-state index contributed by atoms with van der Waals surface area (Å²) in [4.78, 5) is 2.49. The molecule has 3 nitrogen and oxygen atoms in total. The van der Waals surface area contributed by atoms with Crippen LogP contribution in [0.2, 0.25) is 0 Å². The quantitative estimate of drug-likeness (QED) is 0.826. The van der Waals surface area contributed by atoms with Gasteiger partial charge < -0.3 is 15.0 Å². The predicted molar refractivity (Wildman–Crippen MR) is 80.7 cm³/mol. The zero-order valence-electron chi connectivity index (χ0n) is 12.4. The molecule has 0 spiro atoms. The minimum atomic E-state index is 0.0686. The molecule has 0 unspecified atom stereocenters. The molecule has 0 atom stereocenters. The van der Waals surface area contributed by atoms with E-state index in [4.69, 9.17) is 4.74 Å². The van der Waals surface area contributed by atoms with Gasteiger partial charge in [0.25, 0.3) is 0 Å². The highest BCUT2D eigenvalue weighted by atomic mass is 16.5. The SMILES string of the molecule is CCCNCc1ccccc1N1CCOCC1(C)C. The van der Waals surface area contributed by atoms with Gasteiger partial charge in [0, 0.05) is 18.8 Å². The fraction of sp³-hybridized carbons (Fsp3) is 0.625. The molecule has 0 bridgehead atoms. The van der Waals surface area contributed by atoms with Gasteiger partial charge in [0.15, 0.2) is 0 Å². The summed E-state index contributed by atoms with van der Waals surface area (Å²) in [6, 6.07) is 8.71. The van der Waals surface area contributed by atoms with Crippen LogP contribution in [0.5, 0.6) is 0 Å². The number of ether oxygens (including phenoxy) is 1. The van der Waals surface area contributed by atoms with Crippen molar-refractivity contribution < 1.29 is 4.74 Å². The van der Waals surface area contributed by atoms with Crippen molar-refractivity contribution >= 4 is 5.69 Å². The predicted octanol–water partition coefficient (Wildman–Crippen LogP) is 2.80. The van der Waals surface area contributed by atoms with Crippen molar-refractivity contribution in [2.75, 3.05) is 31.2 Å². The van der Waals surface area contributed by atoms with Crippen LogP contribution in [0.15, 0.2) is 24.3 Å². The topological polar surface area (TPSA) is 24.5 Å². The number of nitrogens with zero attached hydrogens (tertiary/aromatic N) is 1. The second-order valence-electron chi connectivity index (χ2n) is 5.82. The van der Waals surface area contributed by atoms with Crippen LogP contribution in [-0.4, -0.2) is 31.8 Å². The van der Waals surface area contributed by atoms with Crippen molar-refractivity contribution in [3.63, 3.8) is 0 Å². The van der Waals surface area contributed by atoms with Crippen LogP contribution in [0.4, 0.5) is 5.69 Å². The Morgan fingerprint density at radius 2 is 2.11 bits per heavy atom. The van der Waals surface area contributed by atoms with Crippen molar-refractivity contribution in [3.05, 3.63) is 29.8 Å². The van der Waals surface area contributed by atoms with E-state index >= 15 is 0 Å². The van der Waals surface area contributed by atoms with Crippen LogP contribution in [-0.2, 0) is 11.3 Å². The van der Waals surface area contributed by atoms with Gasteiger partial charge in [-0.2, -0.15) is 0 Å². The highest BCUT2D eigenvalue weighted by Crippen LogP contribution is 2.29. The molecule has 1 aromatic carbocycles. The first kappa shape index (κ1) is 14.4. The summed E-state index contributed by atoms with van der Waals surface area (Å²) >= 11 is 0. The Labute approximate surface area is 116 Å². The molecule has 3 heteroatoms. The molecule has 1 N–H and O–H groups in total. The van der Waals surface area contributed by atoms with Gasteiger partial charge in [0.05, 0.1) is 18.8 Å². The second-order valence-corrected chi connectivity index (χ2v) is 5.82. The molecule has 0 aliphatic carbocycles. The standard InChI is InChI=1S/C16H26N2O/c1-4-9-17-12-14-7-5-6-8-15(14)18-10-11-19-13-16(18,2)3/h5-8,17H,4,9-13H2,1-3H3. The molecule has 1 fully saturated rings. The molecule has 1 aliphatic heterocycles. The summed E-state index contributed by atoms with van der Waals surface area (Å²) in [6.07, 6.45) is 1.17. The lowest BCUT2D eigenvalue weighted by Crippen LogP contribution is -2.53. The van der Waals surface area contributed by atoms with Gasteiger partial charge in [0.1, 0.15) is 0 Å². The lowest BCUT2D eigenvalue weighted by Gasteiger charge is -2.44. The maximum atomic E-state index is 5.62. The Morgan fingerprint density at radius 1 is 1.32 bits per heavy atom. The molecule has 19 heavy (non-hydrogen) atoms. The van der Waals surface area contributed by atoms with Gasteiger partial charge >= 0.3 is 0 Å². The normalized spacial score (nSPS) is 18.6. The summed E-state index contributed by atoms with van der Waals surface area (Å²) in [7, 11) is 0. The lowest BCUT2D eigenvalue weighted by atomic mass is 9.99. The van der Waals surface area contributed by atoms with Crippen molar-refractivity contribution in [2.45, 2.75) is 39.3 Å². The van der Waals surface area contributed by atoms with Gasteiger partial charge in [0.2, 0.25) is 0 Å². The van der Waals surface area contributed by atoms with Crippen LogP contribution in [0, 0.1) is 0 Å². The number of morpholine rings is 1. The average Bonchev–Trinajstić information content (AvgIpc) is 2.39. The van der Waals surface area contributed by atoms with Crippen molar-refractivity contribution in [2.24, 2.45) is 0 Å². The third-order valence-electron chi connectivity index (χ3n) is 3.67. The van der Waals surface area contributed by atoms with E-state index in [1.54, 1.807) is 0 Å². The fourth-order valence-electron chi connectivity index (χ4n) is 2.63. The Bertz CT molecular complexity index is 403. The molecule has 1 heterocycles. The molecule has 1 aromatic rings. The van der Waals surface area contributed by atoms with Crippen LogP contribution in [0.25, 0.3) is 0 Å². The highest BCUT2D eigenvalue weighted by Gasteiger charge is 2.31. The molecule has 2 rings (SSSR count). The minimum Gasteiger partial charge on any atom is -0.377 e. The average molecular weight is 262 g/mol. The number of hydrogen-bond donors (Lipinski definition) is 1. The Hall–Kier alpha value is -1.06. The Kier molecular flexibility index (Phi) is 4.83. The maximum absolute atomic E-state index is 5.62. The van der Waals surface area contributed by atoms with Gasteiger partial charge in [-0.3, -0.25) is 0 Å². The van der Waals surface area contributed by atoms with E-state index in [0.717, 1.165) is 32.8 Å². The number of anilines is 1. The molecular weight excluding hydrogens is 236 g/mol. The van der Waals surface area contributed by atoms with Crippen molar-refractivity contribution in [1.29, 1.82) is 0 Å². The Balaban J connectivity index is 2.18. The van der Waals surface area contributed by atoms with E-state index in [1.165, 1.54) is 17.7 Å². The van der Waals surface area contributed by atoms with Crippen molar-refractivity contribution in [3.8, 4) is 0 Å². The fourth-order valence-corrected chi connectivity index (χ4v) is 2.63. The first-order valence-electron chi connectivity index (χ1n) is 7.29. The first-order chi connectivity index (χ1) is 9.15. The molecule has 106 valence electrons. The van der Waals surface area contributed by atoms with Gasteiger partial charge in [-0.1, -0.05) is 25.1 Å². The van der Waals surface area contributed by atoms with Crippen LogP contribution in [0.1, 0.15) is 32.8 Å². The van der Waals surface area contributed by atoms with Crippen molar-refractivity contribution in [1.82, 2.24) is 5.32 Å². The third kappa shape index (κ3) is 3.48. The number of nitrogens with one attached hydrogen (secondary N) is 1.